The lowest BCUT2D eigenvalue weighted by Crippen LogP contribution is -2.48. The second-order valence-corrected chi connectivity index (χ2v) is 6.71. The van der Waals surface area contributed by atoms with Gasteiger partial charge in [-0.05, 0) is 31.4 Å². The molecule has 2 heterocycles. The van der Waals surface area contributed by atoms with Crippen molar-refractivity contribution in [2.45, 2.75) is 31.3 Å². The maximum absolute atomic E-state index is 12.4. The zero-order valence-electron chi connectivity index (χ0n) is 12.4. The van der Waals surface area contributed by atoms with E-state index < -0.39 is 0 Å². The number of benzene rings is 1. The van der Waals surface area contributed by atoms with Crippen molar-refractivity contribution in [1.29, 1.82) is 0 Å². The van der Waals surface area contributed by atoms with Gasteiger partial charge in [0.2, 0.25) is 0 Å². The van der Waals surface area contributed by atoms with Gasteiger partial charge in [-0.1, -0.05) is 29.3 Å². The monoisotopic (exact) mass is 342 g/mol. The lowest BCUT2D eigenvalue weighted by atomic mass is 10.0. The number of rotatable bonds is 3. The van der Waals surface area contributed by atoms with Crippen LogP contribution in [0.3, 0.4) is 0 Å². The molecule has 1 N–H and O–H groups in total. The summed E-state index contributed by atoms with van der Waals surface area (Å²) in [5.41, 5.74) is 0.373. The molecule has 4 nitrogen and oxygen atoms in total. The summed E-state index contributed by atoms with van der Waals surface area (Å²) < 4.78 is 5.45. The topological polar surface area (TPSA) is 41.6 Å². The van der Waals surface area contributed by atoms with Gasteiger partial charge in [0.25, 0.3) is 5.91 Å². The van der Waals surface area contributed by atoms with E-state index in [9.17, 15) is 4.79 Å². The Bertz CT molecular complexity index is 519. The summed E-state index contributed by atoms with van der Waals surface area (Å²) in [6.45, 7) is 3.70. The Hall–Kier alpha value is -0.810. The molecule has 3 rings (SSSR count). The third-order valence-electron chi connectivity index (χ3n) is 4.48. The number of halogens is 2. The fourth-order valence-electron chi connectivity index (χ4n) is 3.19. The number of ether oxygens (including phenoxy) is 1. The van der Waals surface area contributed by atoms with Crippen LogP contribution in [0.5, 0.6) is 0 Å². The standard InChI is InChI=1S/C16H20Cl2N2O2/c17-13-2-1-3-14(18)15(13)16(21)19-11-4-7-20(8-5-11)12-6-9-22-10-12/h1-3,11-12H,4-10H2,(H,19,21)/t12-/m0/s1. The van der Waals surface area contributed by atoms with Crippen LogP contribution in [0.1, 0.15) is 29.6 Å². The van der Waals surface area contributed by atoms with Gasteiger partial charge in [0.15, 0.2) is 0 Å². The summed E-state index contributed by atoms with van der Waals surface area (Å²) in [5, 5.41) is 3.85. The average molecular weight is 343 g/mol. The fourth-order valence-corrected chi connectivity index (χ4v) is 3.76. The number of hydrogen-bond acceptors (Lipinski definition) is 3. The maximum atomic E-state index is 12.4. The number of carbonyl (C=O) groups is 1. The Morgan fingerprint density at radius 1 is 1.18 bits per heavy atom. The quantitative estimate of drug-likeness (QED) is 0.917. The van der Waals surface area contributed by atoms with Gasteiger partial charge in [0, 0.05) is 31.8 Å². The molecular weight excluding hydrogens is 323 g/mol. The highest BCUT2D eigenvalue weighted by atomic mass is 35.5. The van der Waals surface area contributed by atoms with Gasteiger partial charge in [0.05, 0.1) is 22.2 Å². The van der Waals surface area contributed by atoms with E-state index >= 15 is 0 Å². The van der Waals surface area contributed by atoms with E-state index in [2.05, 4.69) is 10.2 Å². The van der Waals surface area contributed by atoms with Crippen LogP contribution in [0.25, 0.3) is 0 Å². The molecule has 2 aliphatic heterocycles. The smallest absolute Gasteiger partial charge is 0.254 e. The molecule has 0 aliphatic carbocycles. The molecule has 0 radical (unpaired) electrons. The van der Waals surface area contributed by atoms with Crippen molar-refractivity contribution in [3.05, 3.63) is 33.8 Å². The van der Waals surface area contributed by atoms with Gasteiger partial charge in [0.1, 0.15) is 0 Å². The molecule has 2 fully saturated rings. The highest BCUT2D eigenvalue weighted by molar-refractivity contribution is 6.39. The van der Waals surface area contributed by atoms with Crippen LogP contribution in [0.4, 0.5) is 0 Å². The molecule has 2 aliphatic rings. The van der Waals surface area contributed by atoms with E-state index in [0.717, 1.165) is 45.6 Å². The second-order valence-electron chi connectivity index (χ2n) is 5.90. The van der Waals surface area contributed by atoms with E-state index in [-0.39, 0.29) is 11.9 Å². The van der Waals surface area contributed by atoms with Crippen molar-refractivity contribution >= 4 is 29.1 Å². The number of likely N-dealkylation sites (tertiary alicyclic amines) is 1. The maximum Gasteiger partial charge on any atom is 0.254 e. The second kappa shape index (κ2) is 7.18. The van der Waals surface area contributed by atoms with E-state index in [4.69, 9.17) is 27.9 Å². The molecule has 1 atom stereocenters. The van der Waals surface area contributed by atoms with Crippen molar-refractivity contribution in [2.75, 3.05) is 26.3 Å². The summed E-state index contributed by atoms with van der Waals surface area (Å²) in [6, 6.07) is 5.84. The predicted molar refractivity (Wildman–Crippen MR) is 87.7 cm³/mol. The van der Waals surface area contributed by atoms with Crippen LogP contribution < -0.4 is 5.32 Å². The van der Waals surface area contributed by atoms with Crippen molar-refractivity contribution < 1.29 is 9.53 Å². The molecule has 0 unspecified atom stereocenters. The first-order chi connectivity index (χ1) is 10.6. The molecule has 1 amide bonds. The molecule has 0 spiro atoms. The van der Waals surface area contributed by atoms with Gasteiger partial charge in [-0.3, -0.25) is 9.69 Å². The third-order valence-corrected chi connectivity index (χ3v) is 5.11. The minimum Gasteiger partial charge on any atom is -0.380 e. The molecule has 2 saturated heterocycles. The summed E-state index contributed by atoms with van der Waals surface area (Å²) in [7, 11) is 0. The van der Waals surface area contributed by atoms with E-state index in [1.807, 2.05) is 0 Å². The van der Waals surface area contributed by atoms with E-state index in [1.54, 1.807) is 18.2 Å². The normalized spacial score (nSPS) is 23.6. The number of hydrogen-bond donors (Lipinski definition) is 1. The molecule has 0 saturated carbocycles. The summed E-state index contributed by atoms with van der Waals surface area (Å²) in [6.07, 6.45) is 3.01. The molecule has 0 aromatic heterocycles. The number of amides is 1. The molecule has 0 bridgehead atoms. The van der Waals surface area contributed by atoms with Crippen molar-refractivity contribution in [3.8, 4) is 0 Å². The first-order valence-electron chi connectivity index (χ1n) is 7.72. The van der Waals surface area contributed by atoms with Crippen molar-refractivity contribution in [2.24, 2.45) is 0 Å². The summed E-state index contributed by atoms with van der Waals surface area (Å²) >= 11 is 12.2. The first kappa shape index (κ1) is 16.1. The molecule has 22 heavy (non-hydrogen) atoms. The van der Waals surface area contributed by atoms with Crippen LogP contribution in [0.2, 0.25) is 10.0 Å². The lowest BCUT2D eigenvalue weighted by molar-refractivity contribution is 0.0875. The third kappa shape index (κ3) is 3.57. The number of carbonyl (C=O) groups excluding carboxylic acids is 1. The van der Waals surface area contributed by atoms with Gasteiger partial charge in [-0.15, -0.1) is 0 Å². The summed E-state index contributed by atoms with van der Waals surface area (Å²) in [4.78, 5) is 14.8. The Morgan fingerprint density at radius 2 is 1.86 bits per heavy atom. The van der Waals surface area contributed by atoms with Crippen LogP contribution >= 0.6 is 23.2 Å². The molecule has 120 valence electrons. The van der Waals surface area contributed by atoms with Crippen LogP contribution in [-0.2, 0) is 4.74 Å². The van der Waals surface area contributed by atoms with Gasteiger partial charge < -0.3 is 10.1 Å². The fraction of sp³-hybridized carbons (Fsp3) is 0.562. The highest BCUT2D eigenvalue weighted by Gasteiger charge is 2.28. The number of nitrogens with one attached hydrogen (secondary N) is 1. The molecular formula is C16H20Cl2N2O2. The Labute approximate surface area is 140 Å². The van der Waals surface area contributed by atoms with Crippen LogP contribution in [0.15, 0.2) is 18.2 Å². The SMILES string of the molecule is O=C(NC1CCN([C@H]2CCOC2)CC1)c1c(Cl)cccc1Cl. The van der Waals surface area contributed by atoms with E-state index in [1.165, 1.54) is 0 Å². The highest BCUT2D eigenvalue weighted by Crippen LogP contribution is 2.25. The lowest BCUT2D eigenvalue weighted by Gasteiger charge is -2.35. The molecule has 6 heteroatoms. The number of nitrogens with zero attached hydrogens (tertiary/aromatic N) is 1. The summed E-state index contributed by atoms with van der Waals surface area (Å²) in [5.74, 6) is -0.182. The van der Waals surface area contributed by atoms with Crippen molar-refractivity contribution in [3.63, 3.8) is 0 Å². The molecule has 1 aromatic carbocycles. The largest absolute Gasteiger partial charge is 0.380 e. The zero-order valence-corrected chi connectivity index (χ0v) is 13.9. The molecule has 1 aromatic rings. The average Bonchev–Trinajstić information content (AvgIpc) is 3.02. The minimum atomic E-state index is -0.182. The van der Waals surface area contributed by atoms with E-state index in [0.29, 0.717) is 21.7 Å². The number of piperidine rings is 1. The predicted octanol–water partition coefficient (Wildman–Crippen LogP) is 2.98. The minimum absolute atomic E-state index is 0.179. The van der Waals surface area contributed by atoms with Crippen molar-refractivity contribution in [1.82, 2.24) is 10.2 Å². The Morgan fingerprint density at radius 3 is 2.45 bits per heavy atom. The van der Waals surface area contributed by atoms with Gasteiger partial charge in [-0.25, -0.2) is 0 Å². The first-order valence-corrected chi connectivity index (χ1v) is 8.47. The van der Waals surface area contributed by atoms with Gasteiger partial charge in [-0.2, -0.15) is 0 Å². The van der Waals surface area contributed by atoms with Crippen LogP contribution in [-0.4, -0.2) is 49.2 Å². The van der Waals surface area contributed by atoms with Gasteiger partial charge >= 0.3 is 0 Å². The Kier molecular flexibility index (Phi) is 5.24. The van der Waals surface area contributed by atoms with Crippen LogP contribution in [0, 0.1) is 0 Å². The zero-order chi connectivity index (χ0) is 15.5. The Balaban J connectivity index is 1.55.